The van der Waals surface area contributed by atoms with Gasteiger partial charge in [-0.2, -0.15) is 0 Å². The van der Waals surface area contributed by atoms with Crippen LogP contribution in [-0.2, 0) is 4.79 Å². The van der Waals surface area contributed by atoms with E-state index in [4.69, 9.17) is 11.5 Å². The second-order valence-electron chi connectivity index (χ2n) is 6.02. The zero-order chi connectivity index (χ0) is 13.7. The first-order valence-corrected chi connectivity index (χ1v) is 7.48. The van der Waals surface area contributed by atoms with E-state index >= 15 is 0 Å². The number of hydrogen-bond donors (Lipinski definition) is 3. The van der Waals surface area contributed by atoms with Crippen LogP contribution in [0.2, 0.25) is 0 Å². The van der Waals surface area contributed by atoms with Crippen LogP contribution in [-0.4, -0.2) is 25.0 Å². The van der Waals surface area contributed by atoms with Crippen molar-refractivity contribution in [3.05, 3.63) is 0 Å². The van der Waals surface area contributed by atoms with Crippen LogP contribution in [0.1, 0.15) is 44.9 Å². The Hall–Kier alpha value is -1.26. The Bertz CT molecular complexity index is 330. The van der Waals surface area contributed by atoms with Gasteiger partial charge >= 0.3 is 0 Å². The van der Waals surface area contributed by atoms with Crippen molar-refractivity contribution in [2.45, 2.75) is 44.9 Å². The molecule has 2 rings (SSSR count). The maximum Gasteiger partial charge on any atom is 0.220 e. The largest absolute Gasteiger partial charge is 0.370 e. The molecule has 0 unspecified atom stereocenters. The van der Waals surface area contributed by atoms with E-state index in [1.54, 1.807) is 0 Å². The zero-order valence-electron chi connectivity index (χ0n) is 11.6. The third kappa shape index (κ3) is 4.40. The molecule has 2 aliphatic rings. The Kier molecular flexibility index (Phi) is 5.05. The highest BCUT2D eigenvalue weighted by atomic mass is 16.1. The van der Waals surface area contributed by atoms with Gasteiger partial charge in [-0.15, -0.1) is 0 Å². The molecule has 0 heterocycles. The topological polar surface area (TPSA) is 93.5 Å². The van der Waals surface area contributed by atoms with Gasteiger partial charge in [0.1, 0.15) is 0 Å². The van der Waals surface area contributed by atoms with Crippen molar-refractivity contribution in [3.63, 3.8) is 0 Å². The molecule has 5 heteroatoms. The van der Waals surface area contributed by atoms with Crippen molar-refractivity contribution in [1.82, 2.24) is 5.32 Å². The van der Waals surface area contributed by atoms with Crippen LogP contribution in [0.5, 0.6) is 0 Å². The Morgan fingerprint density at radius 1 is 1.05 bits per heavy atom. The second-order valence-corrected chi connectivity index (χ2v) is 6.02. The molecule has 108 valence electrons. The van der Waals surface area contributed by atoms with Crippen molar-refractivity contribution < 1.29 is 4.79 Å². The highest BCUT2D eigenvalue weighted by Gasteiger charge is 2.24. The lowest BCUT2D eigenvalue weighted by Gasteiger charge is -2.27. The minimum atomic E-state index is -0.145. The van der Waals surface area contributed by atoms with Crippen LogP contribution < -0.4 is 16.8 Å². The van der Waals surface area contributed by atoms with E-state index in [9.17, 15) is 4.79 Å². The Labute approximate surface area is 115 Å². The number of nitrogens with zero attached hydrogens (tertiary/aromatic N) is 1. The summed E-state index contributed by atoms with van der Waals surface area (Å²) >= 11 is 0. The van der Waals surface area contributed by atoms with Crippen molar-refractivity contribution in [2.75, 3.05) is 13.1 Å². The summed E-state index contributed by atoms with van der Waals surface area (Å²) in [5.41, 5.74) is 11.2. The van der Waals surface area contributed by atoms with Gasteiger partial charge in [-0.3, -0.25) is 9.79 Å². The van der Waals surface area contributed by atoms with E-state index in [-0.39, 0.29) is 11.8 Å². The van der Waals surface area contributed by atoms with Gasteiger partial charge < -0.3 is 16.8 Å². The summed E-state index contributed by atoms with van der Waals surface area (Å²) in [7, 11) is 0. The highest BCUT2D eigenvalue weighted by molar-refractivity contribution is 5.78. The molecule has 0 saturated heterocycles. The third-order valence-corrected chi connectivity index (χ3v) is 4.57. The maximum atomic E-state index is 11.1. The lowest BCUT2D eigenvalue weighted by atomic mass is 9.82. The average molecular weight is 266 g/mol. The monoisotopic (exact) mass is 266 g/mol. The molecule has 0 aromatic rings. The molecular formula is C14H26N4O. The van der Waals surface area contributed by atoms with Crippen molar-refractivity contribution in [3.8, 4) is 0 Å². The number of nitrogens with two attached hydrogens (primary N) is 2. The quantitative estimate of drug-likeness (QED) is 0.511. The molecule has 0 radical (unpaired) electrons. The van der Waals surface area contributed by atoms with E-state index in [0.29, 0.717) is 11.9 Å². The van der Waals surface area contributed by atoms with Gasteiger partial charge in [0.2, 0.25) is 5.91 Å². The number of carbonyl (C=O) groups excluding carboxylic acids is 1. The number of amides is 1. The average Bonchev–Trinajstić information content (AvgIpc) is 2.35. The van der Waals surface area contributed by atoms with E-state index in [1.165, 1.54) is 19.3 Å². The summed E-state index contributed by atoms with van der Waals surface area (Å²) in [4.78, 5) is 15.5. The molecule has 0 atom stereocenters. The van der Waals surface area contributed by atoms with Gasteiger partial charge in [-0.25, -0.2) is 0 Å². The predicted octanol–water partition coefficient (Wildman–Crippen LogP) is 0.982. The fourth-order valence-electron chi connectivity index (χ4n) is 2.86. The van der Waals surface area contributed by atoms with Gasteiger partial charge in [0.15, 0.2) is 5.96 Å². The number of primary amides is 1. The molecule has 2 aliphatic carbocycles. The summed E-state index contributed by atoms with van der Waals surface area (Å²) in [5.74, 6) is 1.86. The Morgan fingerprint density at radius 3 is 2.26 bits per heavy atom. The van der Waals surface area contributed by atoms with E-state index in [0.717, 1.165) is 44.7 Å². The van der Waals surface area contributed by atoms with Crippen LogP contribution in [0.3, 0.4) is 0 Å². The molecule has 19 heavy (non-hydrogen) atoms. The molecule has 5 N–H and O–H groups in total. The van der Waals surface area contributed by atoms with E-state index in [2.05, 4.69) is 10.3 Å². The second kappa shape index (κ2) is 6.78. The summed E-state index contributed by atoms with van der Waals surface area (Å²) in [6.07, 6.45) is 7.88. The van der Waals surface area contributed by atoms with Crippen LogP contribution in [0.4, 0.5) is 0 Å². The number of carbonyl (C=O) groups is 1. The molecule has 0 aliphatic heterocycles. The molecule has 2 fully saturated rings. The number of aliphatic imine (C=N–C) groups is 1. The predicted molar refractivity (Wildman–Crippen MR) is 76.5 cm³/mol. The first-order chi connectivity index (χ1) is 9.15. The van der Waals surface area contributed by atoms with Gasteiger partial charge in [0.25, 0.3) is 0 Å². The standard InChI is InChI=1S/C14H26N4O/c15-13(19)12-6-4-11(5-7-12)9-18-14(16)17-8-10-2-1-3-10/h10-12H,1-9H2,(H2,15,19)(H3,16,17,18). The lowest BCUT2D eigenvalue weighted by molar-refractivity contribution is -0.122. The van der Waals surface area contributed by atoms with E-state index in [1.807, 2.05) is 0 Å². The molecule has 1 amide bonds. The fourth-order valence-corrected chi connectivity index (χ4v) is 2.86. The molecule has 5 nitrogen and oxygen atoms in total. The summed E-state index contributed by atoms with van der Waals surface area (Å²) in [6, 6.07) is 0. The summed E-state index contributed by atoms with van der Waals surface area (Å²) < 4.78 is 0. The smallest absolute Gasteiger partial charge is 0.220 e. The Balaban J connectivity index is 1.61. The van der Waals surface area contributed by atoms with Crippen molar-refractivity contribution in [1.29, 1.82) is 0 Å². The first kappa shape index (κ1) is 14.2. The summed E-state index contributed by atoms with van der Waals surface area (Å²) in [5, 5.41) is 3.21. The van der Waals surface area contributed by atoms with Crippen molar-refractivity contribution >= 4 is 11.9 Å². The van der Waals surface area contributed by atoms with Crippen LogP contribution in [0.15, 0.2) is 4.99 Å². The third-order valence-electron chi connectivity index (χ3n) is 4.57. The lowest BCUT2D eigenvalue weighted by Crippen LogP contribution is -2.38. The number of hydrogen-bond acceptors (Lipinski definition) is 2. The molecule has 0 spiro atoms. The van der Waals surface area contributed by atoms with Gasteiger partial charge in [-0.1, -0.05) is 6.42 Å². The minimum absolute atomic E-state index is 0.0841. The number of rotatable bonds is 5. The van der Waals surface area contributed by atoms with Crippen LogP contribution >= 0.6 is 0 Å². The molecule has 0 bridgehead atoms. The summed E-state index contributed by atoms with van der Waals surface area (Å²) in [6.45, 7) is 1.73. The minimum Gasteiger partial charge on any atom is -0.370 e. The Morgan fingerprint density at radius 2 is 1.74 bits per heavy atom. The first-order valence-electron chi connectivity index (χ1n) is 7.48. The highest BCUT2D eigenvalue weighted by Crippen LogP contribution is 2.28. The van der Waals surface area contributed by atoms with Gasteiger partial charge in [0, 0.05) is 19.0 Å². The van der Waals surface area contributed by atoms with Crippen molar-refractivity contribution in [2.24, 2.45) is 34.2 Å². The van der Waals surface area contributed by atoms with Gasteiger partial charge in [0.05, 0.1) is 0 Å². The van der Waals surface area contributed by atoms with Gasteiger partial charge in [-0.05, 0) is 50.4 Å². The van der Waals surface area contributed by atoms with Crippen LogP contribution in [0.25, 0.3) is 0 Å². The number of guanidine groups is 1. The number of nitrogens with one attached hydrogen (secondary N) is 1. The maximum absolute atomic E-state index is 11.1. The zero-order valence-corrected chi connectivity index (χ0v) is 11.6. The SMILES string of the molecule is NC(=O)C1CCC(CNC(N)=NCC2CCC2)CC1. The van der Waals surface area contributed by atoms with Crippen LogP contribution in [0, 0.1) is 17.8 Å². The fraction of sp³-hybridized carbons (Fsp3) is 0.857. The molecule has 2 saturated carbocycles. The van der Waals surface area contributed by atoms with E-state index < -0.39 is 0 Å². The molecule has 0 aromatic heterocycles. The molecule has 0 aromatic carbocycles. The normalized spacial score (nSPS) is 28.7. The molecular weight excluding hydrogens is 240 g/mol.